The van der Waals surface area contributed by atoms with E-state index >= 15 is 0 Å². The van der Waals surface area contributed by atoms with E-state index in [1.54, 1.807) is 0 Å². The number of nitrogens with zero attached hydrogens (tertiary/aromatic N) is 6. The molecule has 0 aliphatic carbocycles. The van der Waals surface area contributed by atoms with E-state index in [4.69, 9.17) is 4.74 Å². The molecule has 8 heteroatoms. The number of hydrogen-bond donors (Lipinski definition) is 1. The van der Waals surface area contributed by atoms with Gasteiger partial charge in [0.1, 0.15) is 5.82 Å². The molecule has 158 valence electrons. The van der Waals surface area contributed by atoms with Gasteiger partial charge in [-0.05, 0) is 30.3 Å². The van der Waals surface area contributed by atoms with Gasteiger partial charge in [0.2, 0.25) is 0 Å². The van der Waals surface area contributed by atoms with Crippen LogP contribution in [0.1, 0.15) is 0 Å². The fraction of sp³-hybridized carbons (Fsp3) is 0.167. The topological polar surface area (TPSA) is 84.2 Å². The average molecular weight is 423 g/mol. The summed E-state index contributed by atoms with van der Waals surface area (Å²) in [7, 11) is 0. The quantitative estimate of drug-likeness (QED) is 0.475. The van der Waals surface area contributed by atoms with Gasteiger partial charge in [0.15, 0.2) is 5.65 Å². The largest absolute Gasteiger partial charge is 0.378 e. The third kappa shape index (κ3) is 3.40. The number of benzene rings is 1. The molecule has 0 atom stereocenters. The molecule has 0 spiro atoms. The monoisotopic (exact) mass is 423 g/mol. The first-order valence-electron chi connectivity index (χ1n) is 10.6. The molecule has 1 aromatic carbocycles. The highest BCUT2D eigenvalue weighted by molar-refractivity contribution is 5.72. The summed E-state index contributed by atoms with van der Waals surface area (Å²) in [5.74, 6) is 0.978. The second-order valence-corrected chi connectivity index (χ2v) is 7.70. The molecule has 1 aliphatic rings. The highest BCUT2D eigenvalue weighted by atomic mass is 16.5. The van der Waals surface area contributed by atoms with Crippen LogP contribution in [-0.4, -0.2) is 56.1 Å². The number of nitrogens with one attached hydrogen (secondary N) is 1. The SMILES string of the molecule is c1cc(-c2cc[nH]n2)cc(-c2cnc3cc(-c4ccc(N5CCOCC5)nc4)cnn23)c1. The summed E-state index contributed by atoms with van der Waals surface area (Å²) >= 11 is 0. The van der Waals surface area contributed by atoms with Gasteiger partial charge in [-0.3, -0.25) is 5.10 Å². The van der Waals surface area contributed by atoms with E-state index in [9.17, 15) is 0 Å². The van der Waals surface area contributed by atoms with Crippen molar-refractivity contribution in [1.82, 2.24) is 29.8 Å². The molecule has 0 radical (unpaired) electrons. The Hall–Kier alpha value is -4.04. The maximum atomic E-state index is 5.42. The summed E-state index contributed by atoms with van der Waals surface area (Å²) in [4.78, 5) is 11.5. The van der Waals surface area contributed by atoms with Gasteiger partial charge in [-0.2, -0.15) is 10.2 Å². The van der Waals surface area contributed by atoms with Crippen LogP contribution < -0.4 is 4.90 Å². The number of aromatic nitrogens is 6. The first-order chi connectivity index (χ1) is 15.8. The minimum atomic E-state index is 0.747. The van der Waals surface area contributed by atoms with E-state index < -0.39 is 0 Å². The molecule has 8 nitrogen and oxygen atoms in total. The number of imidazole rings is 1. The zero-order chi connectivity index (χ0) is 21.3. The normalized spacial score (nSPS) is 14.2. The Morgan fingerprint density at radius 2 is 1.72 bits per heavy atom. The van der Waals surface area contributed by atoms with Crippen LogP contribution in [-0.2, 0) is 4.74 Å². The predicted octanol–water partition coefficient (Wildman–Crippen LogP) is 3.69. The fourth-order valence-corrected chi connectivity index (χ4v) is 4.03. The Bertz CT molecular complexity index is 1350. The number of aromatic amines is 1. The van der Waals surface area contributed by atoms with E-state index in [0.717, 1.165) is 71.4 Å². The summed E-state index contributed by atoms with van der Waals surface area (Å²) in [6.07, 6.45) is 7.44. The van der Waals surface area contributed by atoms with Gasteiger partial charge in [0.25, 0.3) is 0 Å². The standard InChI is InChI=1S/C24H21N7O/c1-2-17(21-6-7-27-29-21)12-18(3-1)22-16-26-24-13-20(15-28-31(22)24)19-4-5-23(25-14-19)30-8-10-32-11-9-30/h1-7,12-16H,8-11H2,(H,27,29). The second-order valence-electron chi connectivity index (χ2n) is 7.70. The highest BCUT2D eigenvalue weighted by Crippen LogP contribution is 2.27. The summed E-state index contributed by atoms with van der Waals surface area (Å²) < 4.78 is 7.29. The van der Waals surface area contributed by atoms with E-state index in [-0.39, 0.29) is 0 Å². The summed E-state index contributed by atoms with van der Waals surface area (Å²) in [6, 6.07) is 16.4. The van der Waals surface area contributed by atoms with Crippen LogP contribution in [0.4, 0.5) is 5.82 Å². The van der Waals surface area contributed by atoms with Crippen LogP contribution in [0.15, 0.2) is 73.3 Å². The molecule has 6 rings (SSSR count). The number of morpholine rings is 1. The highest BCUT2D eigenvalue weighted by Gasteiger charge is 2.13. The molecular formula is C24H21N7O. The number of rotatable bonds is 4. The lowest BCUT2D eigenvalue weighted by molar-refractivity contribution is 0.122. The van der Waals surface area contributed by atoms with Crippen molar-refractivity contribution >= 4 is 11.5 Å². The molecule has 32 heavy (non-hydrogen) atoms. The van der Waals surface area contributed by atoms with Crippen LogP contribution in [0.3, 0.4) is 0 Å². The van der Waals surface area contributed by atoms with Crippen LogP contribution in [0.2, 0.25) is 0 Å². The Balaban J connectivity index is 1.30. The van der Waals surface area contributed by atoms with Crippen LogP contribution in [0.25, 0.3) is 39.3 Å². The number of anilines is 1. The van der Waals surface area contributed by atoms with Gasteiger partial charge in [0, 0.05) is 47.7 Å². The Kier molecular flexibility index (Phi) is 4.62. The van der Waals surface area contributed by atoms with Gasteiger partial charge in [0.05, 0.1) is 37.0 Å². The van der Waals surface area contributed by atoms with Crippen molar-refractivity contribution in [3.8, 4) is 33.6 Å². The summed E-state index contributed by atoms with van der Waals surface area (Å²) in [5.41, 5.74) is 6.72. The van der Waals surface area contributed by atoms with Crippen LogP contribution in [0, 0.1) is 0 Å². The van der Waals surface area contributed by atoms with Gasteiger partial charge in [-0.25, -0.2) is 14.5 Å². The molecule has 5 heterocycles. The number of ether oxygens (including phenoxy) is 1. The number of hydrogen-bond acceptors (Lipinski definition) is 6. The number of fused-ring (bicyclic) bond motifs is 1. The van der Waals surface area contributed by atoms with Crippen molar-refractivity contribution in [3.63, 3.8) is 0 Å². The minimum Gasteiger partial charge on any atom is -0.378 e. The van der Waals surface area contributed by atoms with E-state index in [1.807, 2.05) is 53.6 Å². The maximum absolute atomic E-state index is 5.42. The fourth-order valence-electron chi connectivity index (χ4n) is 4.03. The zero-order valence-corrected chi connectivity index (χ0v) is 17.3. The molecule has 1 saturated heterocycles. The van der Waals surface area contributed by atoms with Gasteiger partial charge in [-0.1, -0.05) is 18.2 Å². The summed E-state index contributed by atoms with van der Waals surface area (Å²) in [6.45, 7) is 3.24. The molecule has 0 amide bonds. The third-order valence-electron chi connectivity index (χ3n) is 5.73. The predicted molar refractivity (Wildman–Crippen MR) is 122 cm³/mol. The average Bonchev–Trinajstić information content (AvgIpc) is 3.55. The van der Waals surface area contributed by atoms with Crippen molar-refractivity contribution < 1.29 is 4.74 Å². The number of pyridine rings is 1. The first kappa shape index (κ1) is 18.7. The number of H-pyrrole nitrogens is 1. The minimum absolute atomic E-state index is 0.747. The molecule has 0 bridgehead atoms. The van der Waals surface area contributed by atoms with Crippen molar-refractivity contribution in [3.05, 3.63) is 73.3 Å². The van der Waals surface area contributed by atoms with Crippen LogP contribution >= 0.6 is 0 Å². The van der Waals surface area contributed by atoms with Crippen molar-refractivity contribution in [2.24, 2.45) is 0 Å². The Labute approximate surface area is 184 Å². The smallest absolute Gasteiger partial charge is 0.154 e. The molecule has 5 aromatic rings. The van der Waals surface area contributed by atoms with Gasteiger partial charge in [-0.15, -0.1) is 0 Å². The van der Waals surface area contributed by atoms with E-state index in [2.05, 4.69) is 54.4 Å². The van der Waals surface area contributed by atoms with Crippen molar-refractivity contribution in [2.45, 2.75) is 0 Å². The molecule has 1 N–H and O–H groups in total. The van der Waals surface area contributed by atoms with Crippen molar-refractivity contribution in [1.29, 1.82) is 0 Å². The maximum Gasteiger partial charge on any atom is 0.154 e. The summed E-state index contributed by atoms with van der Waals surface area (Å²) in [5, 5.41) is 11.8. The van der Waals surface area contributed by atoms with Crippen LogP contribution in [0.5, 0.6) is 0 Å². The molecule has 0 saturated carbocycles. The van der Waals surface area contributed by atoms with Gasteiger partial charge < -0.3 is 9.64 Å². The molecule has 1 aliphatic heterocycles. The lowest BCUT2D eigenvalue weighted by Gasteiger charge is -2.27. The van der Waals surface area contributed by atoms with E-state index in [1.165, 1.54) is 0 Å². The third-order valence-corrected chi connectivity index (χ3v) is 5.73. The molecule has 0 unspecified atom stereocenters. The van der Waals surface area contributed by atoms with Crippen molar-refractivity contribution in [2.75, 3.05) is 31.2 Å². The molecular weight excluding hydrogens is 402 g/mol. The first-order valence-corrected chi connectivity index (χ1v) is 10.6. The lowest BCUT2D eigenvalue weighted by atomic mass is 10.1. The van der Waals surface area contributed by atoms with E-state index in [0.29, 0.717) is 0 Å². The molecule has 4 aromatic heterocycles. The Morgan fingerprint density at radius 1 is 0.812 bits per heavy atom. The lowest BCUT2D eigenvalue weighted by Crippen LogP contribution is -2.36. The van der Waals surface area contributed by atoms with Gasteiger partial charge >= 0.3 is 0 Å². The zero-order valence-electron chi connectivity index (χ0n) is 17.3. The second kappa shape index (κ2) is 7.90. The molecule has 1 fully saturated rings. The Morgan fingerprint density at radius 3 is 2.53 bits per heavy atom.